The summed E-state index contributed by atoms with van der Waals surface area (Å²) in [6.45, 7) is 5.01. The van der Waals surface area contributed by atoms with Gasteiger partial charge < -0.3 is 14.8 Å². The highest BCUT2D eigenvalue weighted by atomic mass is 79.9. The molecular weight excluding hydrogens is 494 g/mol. The van der Waals surface area contributed by atoms with Crippen molar-refractivity contribution < 1.29 is 0 Å². The zero-order chi connectivity index (χ0) is 22.9. The first-order valence-corrected chi connectivity index (χ1v) is 12.1. The second kappa shape index (κ2) is 9.08. The molecule has 0 aliphatic carbocycles. The minimum atomic E-state index is -0.0523. The number of nitrogens with zero attached hydrogens (tertiary/aromatic N) is 4. The van der Waals surface area contributed by atoms with E-state index in [0.29, 0.717) is 6.54 Å². The quantitative estimate of drug-likeness (QED) is 0.338. The number of aryl methyl sites for hydroxylation is 1. The molecule has 5 rings (SSSR count). The van der Waals surface area contributed by atoms with Gasteiger partial charge in [-0.2, -0.15) is 0 Å². The third kappa shape index (κ3) is 4.07. The highest BCUT2D eigenvalue weighted by Crippen LogP contribution is 2.42. The van der Waals surface area contributed by atoms with Gasteiger partial charge >= 0.3 is 0 Å². The van der Waals surface area contributed by atoms with Gasteiger partial charge in [0, 0.05) is 41.0 Å². The first kappa shape index (κ1) is 21.8. The summed E-state index contributed by atoms with van der Waals surface area (Å²) < 4.78 is 3.37. The highest BCUT2D eigenvalue weighted by molar-refractivity contribution is 9.10. The Morgan fingerprint density at radius 1 is 1.03 bits per heavy atom. The highest BCUT2D eigenvalue weighted by Gasteiger charge is 2.41. The number of rotatable bonds is 5. The van der Waals surface area contributed by atoms with Crippen LogP contribution in [-0.2, 0) is 6.54 Å². The Morgan fingerprint density at radius 3 is 2.58 bits per heavy atom. The number of benzene rings is 1. The Balaban J connectivity index is 1.63. The van der Waals surface area contributed by atoms with Gasteiger partial charge in [0.15, 0.2) is 5.11 Å². The molecule has 0 saturated carbocycles. The Labute approximate surface area is 207 Å². The van der Waals surface area contributed by atoms with Crippen molar-refractivity contribution in [2.75, 3.05) is 0 Å². The average molecular weight is 518 g/mol. The number of aromatic nitrogens is 3. The molecule has 7 heteroatoms. The number of para-hydroxylation sites is 1. The fourth-order valence-electron chi connectivity index (χ4n) is 4.69. The van der Waals surface area contributed by atoms with Crippen LogP contribution in [0.4, 0.5) is 0 Å². The number of halogens is 1. The lowest BCUT2D eigenvalue weighted by Crippen LogP contribution is -2.29. The molecule has 4 aromatic rings. The molecule has 2 atom stereocenters. The molecule has 5 nitrogen and oxygen atoms in total. The minimum Gasteiger partial charge on any atom is -0.352 e. The zero-order valence-electron chi connectivity index (χ0n) is 18.4. The van der Waals surface area contributed by atoms with Crippen molar-refractivity contribution in [3.63, 3.8) is 0 Å². The standard InChI is InChI=1S/C26H24BrN5S/c1-17-14-20(18(2)32(17)23-11-4-3-9-21(23)27)25-24(22-10-5-6-13-29-22)30-26(33)31(25)16-19-8-7-12-28-15-19/h3-15,24-25H,16H2,1-2H3,(H,30,33)/t24-,25+/m0/s1. The summed E-state index contributed by atoms with van der Waals surface area (Å²) >= 11 is 9.57. The van der Waals surface area contributed by atoms with Gasteiger partial charge in [0.05, 0.1) is 23.5 Å². The van der Waals surface area contributed by atoms with Gasteiger partial charge in [-0.25, -0.2) is 0 Å². The molecule has 0 bridgehead atoms. The molecule has 33 heavy (non-hydrogen) atoms. The van der Waals surface area contributed by atoms with Crippen LogP contribution in [0.25, 0.3) is 5.69 Å². The fraction of sp³-hybridized carbons (Fsp3) is 0.192. The predicted octanol–water partition coefficient (Wildman–Crippen LogP) is 5.82. The summed E-state index contributed by atoms with van der Waals surface area (Å²) in [5.41, 5.74) is 6.81. The summed E-state index contributed by atoms with van der Waals surface area (Å²) in [6, 6.07) is 20.6. The first-order valence-electron chi connectivity index (χ1n) is 10.9. The molecule has 1 aliphatic rings. The number of hydrogen-bond acceptors (Lipinski definition) is 3. The molecule has 0 amide bonds. The van der Waals surface area contributed by atoms with Crippen molar-refractivity contribution >= 4 is 33.3 Å². The number of thiocarbonyl (C=S) groups is 1. The van der Waals surface area contributed by atoms with E-state index >= 15 is 0 Å². The monoisotopic (exact) mass is 517 g/mol. The van der Waals surface area contributed by atoms with E-state index in [0.717, 1.165) is 26.5 Å². The van der Waals surface area contributed by atoms with E-state index in [1.807, 2.05) is 36.7 Å². The van der Waals surface area contributed by atoms with Crippen molar-refractivity contribution in [2.24, 2.45) is 0 Å². The average Bonchev–Trinajstić information content (AvgIpc) is 3.30. The number of nitrogens with one attached hydrogen (secondary N) is 1. The van der Waals surface area contributed by atoms with Crippen LogP contribution in [0.15, 0.2) is 83.7 Å². The van der Waals surface area contributed by atoms with Gasteiger partial charge in [0.2, 0.25) is 0 Å². The molecule has 3 aromatic heterocycles. The first-order chi connectivity index (χ1) is 16.0. The Bertz CT molecular complexity index is 1290. The van der Waals surface area contributed by atoms with Crippen LogP contribution in [0.5, 0.6) is 0 Å². The SMILES string of the molecule is Cc1cc([C@@H]2[C@H](c3ccccn3)NC(=S)N2Cc2cccnc2)c(C)n1-c1ccccc1Br. The zero-order valence-corrected chi connectivity index (χ0v) is 20.8. The maximum atomic E-state index is 5.84. The molecule has 0 radical (unpaired) electrons. The molecule has 1 aromatic carbocycles. The third-order valence-electron chi connectivity index (χ3n) is 6.16. The molecule has 1 fully saturated rings. The Kier molecular flexibility index (Phi) is 6.00. The van der Waals surface area contributed by atoms with Gasteiger partial charge in [-0.05, 0) is 89.5 Å². The van der Waals surface area contributed by atoms with E-state index < -0.39 is 0 Å². The van der Waals surface area contributed by atoms with Gasteiger partial charge in [-0.3, -0.25) is 9.97 Å². The van der Waals surface area contributed by atoms with E-state index in [9.17, 15) is 0 Å². The molecule has 0 spiro atoms. The largest absolute Gasteiger partial charge is 0.352 e. The lowest BCUT2D eigenvalue weighted by molar-refractivity contribution is 0.310. The Hall–Kier alpha value is -3.03. The molecule has 0 unspecified atom stereocenters. The van der Waals surface area contributed by atoms with Gasteiger partial charge in [0.25, 0.3) is 0 Å². The van der Waals surface area contributed by atoms with Gasteiger partial charge in [-0.1, -0.05) is 24.3 Å². The van der Waals surface area contributed by atoms with Crippen LogP contribution < -0.4 is 5.32 Å². The summed E-state index contributed by atoms with van der Waals surface area (Å²) in [5.74, 6) is 0. The van der Waals surface area contributed by atoms with Crippen LogP contribution in [0.3, 0.4) is 0 Å². The predicted molar refractivity (Wildman–Crippen MR) is 138 cm³/mol. The van der Waals surface area contributed by atoms with Crippen LogP contribution in [-0.4, -0.2) is 24.5 Å². The Morgan fingerprint density at radius 2 is 1.85 bits per heavy atom. The van der Waals surface area contributed by atoms with Crippen molar-refractivity contribution in [3.8, 4) is 5.69 Å². The van der Waals surface area contributed by atoms with E-state index in [1.54, 1.807) is 6.20 Å². The minimum absolute atomic E-state index is 0.00459. The maximum absolute atomic E-state index is 5.84. The smallest absolute Gasteiger partial charge is 0.170 e. The van der Waals surface area contributed by atoms with E-state index in [-0.39, 0.29) is 12.1 Å². The molecule has 1 N–H and O–H groups in total. The second-order valence-corrected chi connectivity index (χ2v) is 9.47. The fourth-order valence-corrected chi connectivity index (χ4v) is 5.46. The second-order valence-electron chi connectivity index (χ2n) is 8.23. The summed E-state index contributed by atoms with van der Waals surface area (Å²) in [6.07, 6.45) is 5.53. The molecule has 1 saturated heterocycles. The summed E-state index contributed by atoms with van der Waals surface area (Å²) in [7, 11) is 0. The van der Waals surface area contributed by atoms with Gasteiger partial charge in [0.1, 0.15) is 0 Å². The molecular formula is C26H24BrN5S. The lowest BCUT2D eigenvalue weighted by Gasteiger charge is -2.28. The third-order valence-corrected chi connectivity index (χ3v) is 7.18. The molecule has 4 heterocycles. The number of hydrogen-bond donors (Lipinski definition) is 1. The molecule has 166 valence electrons. The van der Waals surface area contributed by atoms with Crippen molar-refractivity contribution in [2.45, 2.75) is 32.5 Å². The van der Waals surface area contributed by atoms with Crippen LogP contribution in [0.1, 0.15) is 40.3 Å². The van der Waals surface area contributed by atoms with E-state index in [4.69, 9.17) is 12.2 Å². The molecule has 1 aliphatic heterocycles. The normalized spacial score (nSPS) is 17.9. The topological polar surface area (TPSA) is 46.0 Å². The number of pyridine rings is 2. The maximum Gasteiger partial charge on any atom is 0.170 e. The van der Waals surface area contributed by atoms with Crippen molar-refractivity contribution in [1.29, 1.82) is 0 Å². The van der Waals surface area contributed by atoms with Crippen LogP contribution in [0, 0.1) is 13.8 Å². The summed E-state index contributed by atoms with van der Waals surface area (Å²) in [4.78, 5) is 11.2. The van der Waals surface area contributed by atoms with Crippen molar-refractivity contribution in [1.82, 2.24) is 24.8 Å². The van der Waals surface area contributed by atoms with Crippen LogP contribution in [0.2, 0.25) is 0 Å². The van der Waals surface area contributed by atoms with Crippen molar-refractivity contribution in [3.05, 3.63) is 112 Å². The summed E-state index contributed by atoms with van der Waals surface area (Å²) in [5, 5.41) is 4.28. The van der Waals surface area contributed by atoms with E-state index in [1.165, 1.54) is 17.0 Å². The van der Waals surface area contributed by atoms with E-state index in [2.05, 4.69) is 90.9 Å². The lowest BCUT2D eigenvalue weighted by atomic mass is 9.96. The van der Waals surface area contributed by atoms with Crippen LogP contribution >= 0.6 is 28.1 Å². The van der Waals surface area contributed by atoms with Gasteiger partial charge in [-0.15, -0.1) is 0 Å².